The first-order valence-corrected chi connectivity index (χ1v) is 6.63. The molecule has 0 amide bonds. The molecule has 0 saturated carbocycles. The molecule has 98 valence electrons. The molecule has 3 unspecified atom stereocenters. The van der Waals surface area contributed by atoms with E-state index in [0.717, 1.165) is 24.9 Å². The summed E-state index contributed by atoms with van der Waals surface area (Å²) in [6.45, 7) is 5.24. The Hall–Kier alpha value is -1.35. The second-order valence-electron chi connectivity index (χ2n) is 5.37. The van der Waals surface area contributed by atoms with Gasteiger partial charge in [0.25, 0.3) is 0 Å². The van der Waals surface area contributed by atoms with Crippen LogP contribution in [-0.4, -0.2) is 28.6 Å². The minimum Gasteiger partial charge on any atom is -0.480 e. The number of nitrogens with zero attached hydrogens (tertiary/aromatic N) is 1. The zero-order chi connectivity index (χ0) is 13.1. The Morgan fingerprint density at radius 2 is 2.00 bits per heavy atom. The van der Waals surface area contributed by atoms with Crippen LogP contribution in [0, 0.1) is 5.92 Å². The van der Waals surface area contributed by atoms with E-state index in [1.54, 1.807) is 0 Å². The number of rotatable bonds is 3. The van der Waals surface area contributed by atoms with Gasteiger partial charge < -0.3 is 5.11 Å². The largest absolute Gasteiger partial charge is 0.480 e. The first kappa shape index (κ1) is 13.1. The van der Waals surface area contributed by atoms with Gasteiger partial charge in [-0.3, -0.25) is 9.69 Å². The van der Waals surface area contributed by atoms with Gasteiger partial charge in [0, 0.05) is 6.04 Å². The Kier molecular flexibility index (Phi) is 4.02. The normalized spacial score (nSPS) is 26.8. The van der Waals surface area contributed by atoms with Crippen LogP contribution < -0.4 is 0 Å². The van der Waals surface area contributed by atoms with Crippen LogP contribution in [0.25, 0.3) is 0 Å². The Morgan fingerprint density at radius 3 is 2.56 bits per heavy atom. The second-order valence-corrected chi connectivity index (χ2v) is 5.37. The van der Waals surface area contributed by atoms with Gasteiger partial charge in [0.15, 0.2) is 0 Å². The van der Waals surface area contributed by atoms with Crippen LogP contribution in [-0.2, 0) is 4.79 Å². The van der Waals surface area contributed by atoms with Crippen molar-refractivity contribution in [3.05, 3.63) is 35.9 Å². The van der Waals surface area contributed by atoms with E-state index < -0.39 is 12.0 Å². The highest BCUT2D eigenvalue weighted by atomic mass is 16.4. The van der Waals surface area contributed by atoms with Gasteiger partial charge in [-0.25, -0.2) is 0 Å². The molecule has 0 aromatic heterocycles. The van der Waals surface area contributed by atoms with Crippen LogP contribution in [0.15, 0.2) is 30.3 Å². The van der Waals surface area contributed by atoms with E-state index in [0.29, 0.717) is 12.0 Å². The number of piperidine rings is 1. The number of benzene rings is 1. The quantitative estimate of drug-likeness (QED) is 0.892. The predicted molar refractivity (Wildman–Crippen MR) is 71.4 cm³/mol. The van der Waals surface area contributed by atoms with Gasteiger partial charge in [-0.2, -0.15) is 0 Å². The number of hydrogen-bond donors (Lipinski definition) is 1. The Morgan fingerprint density at radius 1 is 1.33 bits per heavy atom. The lowest BCUT2D eigenvalue weighted by Crippen LogP contribution is -2.45. The minimum atomic E-state index is -0.748. The molecule has 1 aromatic rings. The van der Waals surface area contributed by atoms with Crippen molar-refractivity contribution >= 4 is 5.97 Å². The zero-order valence-corrected chi connectivity index (χ0v) is 11.0. The molecular formula is C15H21NO2. The molecule has 18 heavy (non-hydrogen) atoms. The molecule has 3 heteroatoms. The third-order valence-electron chi connectivity index (χ3n) is 3.87. The van der Waals surface area contributed by atoms with E-state index in [1.165, 1.54) is 0 Å². The lowest BCUT2D eigenvalue weighted by Gasteiger charge is -2.40. The van der Waals surface area contributed by atoms with E-state index in [2.05, 4.69) is 18.7 Å². The average molecular weight is 247 g/mol. The molecule has 1 saturated heterocycles. The molecule has 1 aromatic carbocycles. The average Bonchev–Trinajstić information content (AvgIpc) is 2.33. The monoisotopic (exact) mass is 247 g/mol. The van der Waals surface area contributed by atoms with Gasteiger partial charge in [0.2, 0.25) is 0 Å². The summed E-state index contributed by atoms with van der Waals surface area (Å²) >= 11 is 0. The summed E-state index contributed by atoms with van der Waals surface area (Å²) in [6, 6.07) is 9.37. The number of likely N-dealkylation sites (tertiary alicyclic amines) is 1. The molecule has 3 atom stereocenters. The molecular weight excluding hydrogens is 226 g/mol. The van der Waals surface area contributed by atoms with Crippen LogP contribution in [0.4, 0.5) is 0 Å². The Labute approximate surface area is 108 Å². The highest BCUT2D eigenvalue weighted by Gasteiger charge is 2.33. The number of carbonyl (C=O) groups is 1. The van der Waals surface area contributed by atoms with Gasteiger partial charge in [-0.1, -0.05) is 37.3 Å². The van der Waals surface area contributed by atoms with E-state index in [-0.39, 0.29) is 0 Å². The summed E-state index contributed by atoms with van der Waals surface area (Å²) in [5.74, 6) is -0.0518. The highest BCUT2D eigenvalue weighted by molar-refractivity contribution is 5.75. The summed E-state index contributed by atoms with van der Waals surface area (Å²) in [5, 5.41) is 9.52. The third kappa shape index (κ3) is 2.72. The number of carboxylic acid groups (broad SMARTS) is 1. The van der Waals surface area contributed by atoms with Crippen LogP contribution >= 0.6 is 0 Å². The first-order chi connectivity index (χ1) is 8.59. The van der Waals surface area contributed by atoms with E-state index in [4.69, 9.17) is 0 Å². The standard InChI is InChI=1S/C15H21NO2/c1-11-8-9-16(12(2)10-11)14(15(17)18)13-6-4-3-5-7-13/h3-7,11-12,14H,8-10H2,1-2H3,(H,17,18). The Bertz CT molecular complexity index is 404. The topological polar surface area (TPSA) is 40.5 Å². The predicted octanol–water partition coefficient (Wildman–Crippen LogP) is 2.93. The molecule has 2 rings (SSSR count). The number of hydrogen-bond acceptors (Lipinski definition) is 2. The first-order valence-electron chi connectivity index (χ1n) is 6.63. The smallest absolute Gasteiger partial charge is 0.325 e. The van der Waals surface area contributed by atoms with Crippen molar-refractivity contribution in [2.45, 2.75) is 38.8 Å². The summed E-state index contributed by atoms with van der Waals surface area (Å²) in [7, 11) is 0. The van der Waals surface area contributed by atoms with Gasteiger partial charge in [-0.15, -0.1) is 0 Å². The summed E-state index contributed by atoms with van der Waals surface area (Å²) in [4.78, 5) is 13.7. The van der Waals surface area contributed by atoms with Crippen LogP contribution in [0.1, 0.15) is 38.3 Å². The summed E-state index contributed by atoms with van der Waals surface area (Å²) in [6.07, 6.45) is 2.16. The molecule has 0 spiro atoms. The van der Waals surface area contributed by atoms with Gasteiger partial charge in [0.1, 0.15) is 6.04 Å². The Balaban J connectivity index is 2.23. The van der Waals surface area contributed by atoms with Crippen molar-refractivity contribution in [2.24, 2.45) is 5.92 Å². The van der Waals surface area contributed by atoms with Crippen molar-refractivity contribution in [3.63, 3.8) is 0 Å². The van der Waals surface area contributed by atoms with Crippen LogP contribution in [0.3, 0.4) is 0 Å². The molecule has 1 heterocycles. The van der Waals surface area contributed by atoms with Crippen molar-refractivity contribution in [3.8, 4) is 0 Å². The van der Waals surface area contributed by atoms with Crippen LogP contribution in [0.5, 0.6) is 0 Å². The summed E-state index contributed by atoms with van der Waals surface area (Å²) < 4.78 is 0. The molecule has 0 aliphatic carbocycles. The fraction of sp³-hybridized carbons (Fsp3) is 0.533. The number of carboxylic acids is 1. The van der Waals surface area contributed by atoms with E-state index in [9.17, 15) is 9.90 Å². The minimum absolute atomic E-state index is 0.329. The lowest BCUT2D eigenvalue weighted by molar-refractivity contribution is -0.145. The summed E-state index contributed by atoms with van der Waals surface area (Å²) in [5.41, 5.74) is 0.881. The van der Waals surface area contributed by atoms with Gasteiger partial charge in [0.05, 0.1) is 0 Å². The maximum atomic E-state index is 11.6. The molecule has 3 nitrogen and oxygen atoms in total. The van der Waals surface area contributed by atoms with Crippen molar-refractivity contribution < 1.29 is 9.90 Å². The fourth-order valence-electron chi connectivity index (χ4n) is 2.92. The fourth-order valence-corrected chi connectivity index (χ4v) is 2.92. The van der Waals surface area contributed by atoms with Crippen molar-refractivity contribution in [1.82, 2.24) is 4.90 Å². The zero-order valence-electron chi connectivity index (χ0n) is 11.0. The third-order valence-corrected chi connectivity index (χ3v) is 3.87. The maximum Gasteiger partial charge on any atom is 0.325 e. The van der Waals surface area contributed by atoms with Gasteiger partial charge >= 0.3 is 5.97 Å². The molecule has 0 radical (unpaired) electrons. The van der Waals surface area contributed by atoms with E-state index >= 15 is 0 Å². The van der Waals surface area contributed by atoms with Crippen LogP contribution in [0.2, 0.25) is 0 Å². The second kappa shape index (κ2) is 5.53. The molecule has 1 aliphatic rings. The lowest BCUT2D eigenvalue weighted by atomic mass is 9.90. The number of aliphatic carboxylic acids is 1. The maximum absolute atomic E-state index is 11.6. The van der Waals surface area contributed by atoms with E-state index in [1.807, 2.05) is 30.3 Å². The molecule has 1 N–H and O–H groups in total. The van der Waals surface area contributed by atoms with Gasteiger partial charge in [-0.05, 0) is 37.8 Å². The molecule has 0 bridgehead atoms. The molecule has 1 aliphatic heterocycles. The van der Waals surface area contributed by atoms with Crippen molar-refractivity contribution in [2.75, 3.05) is 6.54 Å². The molecule has 1 fully saturated rings. The van der Waals surface area contributed by atoms with Crippen molar-refractivity contribution in [1.29, 1.82) is 0 Å². The highest BCUT2D eigenvalue weighted by Crippen LogP contribution is 2.30. The SMILES string of the molecule is CC1CCN(C(C(=O)O)c2ccccc2)C(C)C1.